The Morgan fingerprint density at radius 3 is 2.85 bits per heavy atom. The van der Waals surface area contributed by atoms with Crippen molar-refractivity contribution in [1.29, 1.82) is 0 Å². The molecule has 0 aliphatic carbocycles. The summed E-state index contributed by atoms with van der Waals surface area (Å²) in [7, 11) is 0. The highest BCUT2D eigenvalue weighted by atomic mass is 35.5. The van der Waals surface area contributed by atoms with Gasteiger partial charge in [-0.05, 0) is 30.7 Å². The van der Waals surface area contributed by atoms with Crippen LogP contribution in [0, 0.1) is 6.92 Å². The summed E-state index contributed by atoms with van der Waals surface area (Å²) in [4.78, 5) is 16.8. The fourth-order valence-electron chi connectivity index (χ4n) is 2.69. The molecule has 9 heteroatoms. The second kappa shape index (κ2) is 7.02. The van der Waals surface area contributed by atoms with Crippen molar-refractivity contribution >= 4 is 40.4 Å². The van der Waals surface area contributed by atoms with E-state index in [0.29, 0.717) is 22.3 Å². The lowest BCUT2D eigenvalue weighted by molar-refractivity contribution is 0.102. The summed E-state index contributed by atoms with van der Waals surface area (Å²) in [6.07, 6.45) is 5.32. The van der Waals surface area contributed by atoms with Crippen molar-refractivity contribution < 1.29 is 4.79 Å². The second-order valence-electron chi connectivity index (χ2n) is 6.05. The van der Waals surface area contributed by atoms with Crippen LogP contribution >= 0.6 is 23.2 Å². The summed E-state index contributed by atoms with van der Waals surface area (Å²) in [5.41, 5.74) is 3.33. The van der Waals surface area contributed by atoms with E-state index in [-0.39, 0.29) is 11.6 Å². The van der Waals surface area contributed by atoms with Crippen LogP contribution in [-0.4, -0.2) is 30.3 Å². The van der Waals surface area contributed by atoms with Crippen molar-refractivity contribution in [2.24, 2.45) is 0 Å². The number of rotatable bonds is 4. The fourth-order valence-corrected chi connectivity index (χ4v) is 3.15. The van der Waals surface area contributed by atoms with E-state index >= 15 is 0 Å². The predicted octanol–water partition coefficient (Wildman–Crippen LogP) is 3.84. The van der Waals surface area contributed by atoms with Crippen LogP contribution in [0.2, 0.25) is 10.0 Å². The van der Waals surface area contributed by atoms with E-state index in [4.69, 9.17) is 23.2 Å². The maximum Gasteiger partial charge on any atom is 0.277 e. The Labute approximate surface area is 164 Å². The first-order valence-electron chi connectivity index (χ1n) is 8.09. The highest BCUT2D eigenvalue weighted by Gasteiger charge is 2.13. The normalized spacial score (nSPS) is 11.1. The molecule has 0 atom stereocenters. The lowest BCUT2D eigenvalue weighted by Gasteiger charge is -2.04. The lowest BCUT2D eigenvalue weighted by atomic mass is 10.2. The van der Waals surface area contributed by atoms with Crippen molar-refractivity contribution in [2.75, 3.05) is 5.32 Å². The van der Waals surface area contributed by atoms with Crippen molar-refractivity contribution in [3.63, 3.8) is 0 Å². The Bertz CT molecular complexity index is 1150. The first-order chi connectivity index (χ1) is 13.0. The van der Waals surface area contributed by atoms with Crippen LogP contribution in [0.5, 0.6) is 0 Å². The molecule has 4 rings (SSSR count). The molecule has 7 nitrogen and oxygen atoms in total. The van der Waals surface area contributed by atoms with Gasteiger partial charge in [-0.25, -0.2) is 9.67 Å². The number of nitrogens with one attached hydrogen (secondary N) is 1. The number of imidazole rings is 1. The third-order valence-electron chi connectivity index (χ3n) is 3.96. The summed E-state index contributed by atoms with van der Waals surface area (Å²) in [6.45, 7) is 2.30. The summed E-state index contributed by atoms with van der Waals surface area (Å²) in [6, 6.07) is 8.82. The van der Waals surface area contributed by atoms with Gasteiger partial charge in [0.1, 0.15) is 5.65 Å². The van der Waals surface area contributed by atoms with E-state index in [1.54, 1.807) is 35.1 Å². The quantitative estimate of drug-likeness (QED) is 0.564. The molecule has 0 radical (unpaired) electrons. The van der Waals surface area contributed by atoms with Crippen molar-refractivity contribution in [2.45, 2.75) is 13.5 Å². The number of pyridine rings is 1. The summed E-state index contributed by atoms with van der Waals surface area (Å²) < 4.78 is 3.43. The SMILES string of the molecule is Cc1cn2ccc(NC(=O)c3cn(Cc4ccc(Cl)cc4Cl)nn3)cc2n1. The van der Waals surface area contributed by atoms with Gasteiger partial charge in [-0.1, -0.05) is 34.5 Å². The molecule has 1 N–H and O–H groups in total. The third kappa shape index (κ3) is 3.79. The number of aromatic nitrogens is 5. The highest BCUT2D eigenvalue weighted by Crippen LogP contribution is 2.21. The van der Waals surface area contributed by atoms with E-state index in [9.17, 15) is 4.79 Å². The van der Waals surface area contributed by atoms with Gasteiger partial charge in [-0.3, -0.25) is 4.79 Å². The Hall–Kier alpha value is -2.90. The average molecular weight is 401 g/mol. The minimum absolute atomic E-state index is 0.208. The minimum Gasteiger partial charge on any atom is -0.320 e. The smallest absolute Gasteiger partial charge is 0.277 e. The van der Waals surface area contributed by atoms with Crippen LogP contribution in [0.25, 0.3) is 5.65 Å². The number of amides is 1. The zero-order valence-electron chi connectivity index (χ0n) is 14.2. The van der Waals surface area contributed by atoms with Gasteiger partial charge in [-0.15, -0.1) is 5.10 Å². The van der Waals surface area contributed by atoms with Crippen LogP contribution in [0.4, 0.5) is 5.69 Å². The molecule has 136 valence electrons. The van der Waals surface area contributed by atoms with Crippen molar-refractivity contribution in [3.8, 4) is 0 Å². The van der Waals surface area contributed by atoms with Gasteiger partial charge in [0.15, 0.2) is 5.69 Å². The molecule has 0 fully saturated rings. The molecule has 0 unspecified atom stereocenters. The van der Waals surface area contributed by atoms with E-state index in [0.717, 1.165) is 16.9 Å². The van der Waals surface area contributed by atoms with Crippen molar-refractivity contribution in [3.05, 3.63) is 75.9 Å². The van der Waals surface area contributed by atoms with Gasteiger partial charge in [0, 0.05) is 34.2 Å². The number of hydrogen-bond acceptors (Lipinski definition) is 4. The molecular formula is C18H14Cl2N6O. The molecule has 0 saturated carbocycles. The first-order valence-corrected chi connectivity index (χ1v) is 8.84. The first kappa shape index (κ1) is 17.5. The molecule has 0 saturated heterocycles. The van der Waals surface area contributed by atoms with Gasteiger partial charge >= 0.3 is 0 Å². The van der Waals surface area contributed by atoms with E-state index < -0.39 is 0 Å². The predicted molar refractivity (Wildman–Crippen MR) is 103 cm³/mol. The maximum atomic E-state index is 12.4. The van der Waals surface area contributed by atoms with Crippen molar-refractivity contribution in [1.82, 2.24) is 24.4 Å². The summed E-state index contributed by atoms with van der Waals surface area (Å²) in [5, 5.41) is 11.8. The van der Waals surface area contributed by atoms with Crippen LogP contribution < -0.4 is 5.32 Å². The summed E-state index contributed by atoms with van der Waals surface area (Å²) in [5.74, 6) is -0.351. The number of hydrogen-bond donors (Lipinski definition) is 1. The number of carbonyl (C=O) groups is 1. The Morgan fingerprint density at radius 1 is 1.19 bits per heavy atom. The molecule has 1 amide bonds. The van der Waals surface area contributed by atoms with Gasteiger partial charge in [0.25, 0.3) is 5.91 Å². The van der Waals surface area contributed by atoms with Gasteiger partial charge in [-0.2, -0.15) is 0 Å². The molecule has 3 heterocycles. The number of nitrogens with zero attached hydrogens (tertiary/aromatic N) is 5. The Morgan fingerprint density at radius 2 is 2.04 bits per heavy atom. The molecule has 4 aromatic rings. The number of anilines is 1. The van der Waals surface area contributed by atoms with Crippen LogP contribution in [0.1, 0.15) is 21.7 Å². The average Bonchev–Trinajstić information content (AvgIpc) is 3.22. The van der Waals surface area contributed by atoms with Gasteiger partial charge in [0.05, 0.1) is 18.4 Å². The molecule has 1 aromatic carbocycles. The molecular weight excluding hydrogens is 387 g/mol. The molecule has 0 spiro atoms. The number of halogens is 2. The number of fused-ring (bicyclic) bond motifs is 1. The van der Waals surface area contributed by atoms with Crippen LogP contribution in [-0.2, 0) is 6.54 Å². The number of benzene rings is 1. The maximum absolute atomic E-state index is 12.4. The Kier molecular flexibility index (Phi) is 4.55. The number of aryl methyl sites for hydroxylation is 1. The highest BCUT2D eigenvalue weighted by molar-refractivity contribution is 6.35. The monoisotopic (exact) mass is 400 g/mol. The van der Waals surface area contributed by atoms with Crippen LogP contribution in [0.3, 0.4) is 0 Å². The van der Waals surface area contributed by atoms with Gasteiger partial charge in [0.2, 0.25) is 0 Å². The minimum atomic E-state index is -0.351. The summed E-state index contributed by atoms with van der Waals surface area (Å²) >= 11 is 12.1. The topological polar surface area (TPSA) is 77.1 Å². The molecule has 3 aromatic heterocycles. The molecule has 0 aliphatic heterocycles. The van der Waals surface area contributed by atoms with E-state index in [1.165, 1.54) is 0 Å². The second-order valence-corrected chi connectivity index (χ2v) is 6.90. The fraction of sp³-hybridized carbons (Fsp3) is 0.111. The molecule has 0 aliphatic rings. The zero-order valence-corrected chi connectivity index (χ0v) is 15.7. The number of carbonyl (C=O) groups excluding carboxylic acids is 1. The lowest BCUT2D eigenvalue weighted by Crippen LogP contribution is -2.12. The van der Waals surface area contributed by atoms with E-state index in [2.05, 4.69) is 20.6 Å². The largest absolute Gasteiger partial charge is 0.320 e. The third-order valence-corrected chi connectivity index (χ3v) is 4.54. The molecule has 27 heavy (non-hydrogen) atoms. The Balaban J connectivity index is 1.49. The molecule has 0 bridgehead atoms. The zero-order chi connectivity index (χ0) is 19.0. The van der Waals surface area contributed by atoms with Crippen LogP contribution in [0.15, 0.2) is 48.9 Å². The van der Waals surface area contributed by atoms with E-state index in [1.807, 2.05) is 29.8 Å². The van der Waals surface area contributed by atoms with Gasteiger partial charge < -0.3 is 9.72 Å². The standard InChI is InChI=1S/C18H14Cl2N6O/c1-11-8-25-5-4-14(7-17(25)21-11)22-18(27)16-10-26(24-23-16)9-12-2-3-13(19)6-15(12)20/h2-8,10H,9H2,1H3,(H,22,27).